The first kappa shape index (κ1) is 10.3. The number of aromatic amines is 1. The Hall–Kier alpha value is -1.78. The van der Waals surface area contributed by atoms with Crippen molar-refractivity contribution in [3.63, 3.8) is 0 Å². The lowest BCUT2D eigenvalue weighted by molar-refractivity contribution is 0.396. The van der Waals surface area contributed by atoms with E-state index in [0.29, 0.717) is 13.0 Å². The van der Waals surface area contributed by atoms with Gasteiger partial charge in [-0.25, -0.2) is 4.79 Å². The second kappa shape index (κ2) is 3.95. The van der Waals surface area contributed by atoms with Crippen LogP contribution in [0.2, 0.25) is 0 Å². The molecule has 14 heavy (non-hydrogen) atoms. The van der Waals surface area contributed by atoms with Crippen molar-refractivity contribution in [2.75, 3.05) is 0 Å². The number of H-pyrrole nitrogens is 1. The lowest BCUT2D eigenvalue weighted by atomic mass is 10.3. The van der Waals surface area contributed by atoms with E-state index in [1.165, 1.54) is 6.92 Å². The zero-order chi connectivity index (χ0) is 10.7. The van der Waals surface area contributed by atoms with Crippen molar-refractivity contribution < 1.29 is 5.11 Å². The quantitative estimate of drug-likeness (QED) is 0.674. The van der Waals surface area contributed by atoms with Gasteiger partial charge in [0.05, 0.1) is 5.56 Å². The average Bonchev–Trinajstić information content (AvgIpc) is 2.14. The van der Waals surface area contributed by atoms with Gasteiger partial charge in [0.2, 0.25) is 5.88 Å². The number of allylic oxidation sites excluding steroid dienone is 1. The third kappa shape index (κ3) is 1.76. The van der Waals surface area contributed by atoms with E-state index < -0.39 is 11.2 Å². The maximum absolute atomic E-state index is 11.2. The van der Waals surface area contributed by atoms with Crippen LogP contribution >= 0.6 is 0 Å². The molecule has 0 atom stereocenters. The number of aromatic hydroxyl groups is 1. The van der Waals surface area contributed by atoms with E-state index in [1.807, 2.05) is 0 Å². The molecule has 76 valence electrons. The fraction of sp³-hybridized carbons (Fsp3) is 0.333. The molecule has 0 aliphatic carbocycles. The molecule has 1 aromatic rings. The molecule has 0 saturated heterocycles. The highest BCUT2D eigenvalue weighted by Gasteiger charge is 2.08. The molecular weight excluding hydrogens is 184 g/mol. The normalized spacial score (nSPS) is 10.1. The summed E-state index contributed by atoms with van der Waals surface area (Å²) in [7, 11) is 0. The summed E-state index contributed by atoms with van der Waals surface area (Å²) in [4.78, 5) is 24.4. The summed E-state index contributed by atoms with van der Waals surface area (Å²) in [6, 6.07) is 0. The van der Waals surface area contributed by atoms with Crippen molar-refractivity contribution in [1.29, 1.82) is 0 Å². The predicted molar refractivity (Wildman–Crippen MR) is 52.5 cm³/mol. The summed E-state index contributed by atoms with van der Waals surface area (Å²) in [5.74, 6) is -0.277. The molecule has 0 aliphatic rings. The minimum Gasteiger partial charge on any atom is -0.494 e. The van der Waals surface area contributed by atoms with Crippen molar-refractivity contribution in [2.45, 2.75) is 19.9 Å². The van der Waals surface area contributed by atoms with E-state index >= 15 is 0 Å². The minimum absolute atomic E-state index is 0.147. The zero-order valence-electron chi connectivity index (χ0n) is 7.91. The molecule has 5 nitrogen and oxygen atoms in total. The number of hydrogen-bond acceptors (Lipinski definition) is 3. The Kier molecular flexibility index (Phi) is 2.91. The number of nitrogens with one attached hydrogen (secondary N) is 1. The molecule has 0 spiro atoms. The van der Waals surface area contributed by atoms with Gasteiger partial charge in [0.25, 0.3) is 5.56 Å². The van der Waals surface area contributed by atoms with Gasteiger partial charge in [-0.1, -0.05) is 6.08 Å². The van der Waals surface area contributed by atoms with Gasteiger partial charge in [-0.15, -0.1) is 6.58 Å². The molecule has 0 bridgehead atoms. The molecule has 0 fully saturated rings. The molecule has 0 saturated carbocycles. The van der Waals surface area contributed by atoms with Gasteiger partial charge in [0.1, 0.15) is 0 Å². The Bertz CT molecular complexity index is 456. The highest BCUT2D eigenvalue weighted by atomic mass is 16.3. The summed E-state index contributed by atoms with van der Waals surface area (Å²) < 4.78 is 1.11. The molecule has 2 N–H and O–H groups in total. The molecular formula is C9H12N2O3. The fourth-order valence-corrected chi connectivity index (χ4v) is 1.09. The third-order valence-corrected chi connectivity index (χ3v) is 1.95. The molecule has 5 heteroatoms. The summed E-state index contributed by atoms with van der Waals surface area (Å²) in [6.45, 7) is 5.27. The maximum Gasteiger partial charge on any atom is 0.331 e. The SMILES string of the molecule is C=CCCn1c(O)c(C)c(=O)[nH]c1=O. The Morgan fingerprint density at radius 2 is 2.21 bits per heavy atom. The van der Waals surface area contributed by atoms with E-state index in [-0.39, 0.29) is 11.4 Å². The smallest absolute Gasteiger partial charge is 0.331 e. The van der Waals surface area contributed by atoms with Crippen LogP contribution in [0.25, 0.3) is 0 Å². The molecule has 1 heterocycles. The lowest BCUT2D eigenvalue weighted by Crippen LogP contribution is -2.31. The number of aromatic nitrogens is 2. The third-order valence-electron chi connectivity index (χ3n) is 1.95. The predicted octanol–water partition coefficient (Wildman–Crippen LogP) is 0.127. The van der Waals surface area contributed by atoms with E-state index in [0.717, 1.165) is 4.57 Å². The van der Waals surface area contributed by atoms with Gasteiger partial charge in [0.15, 0.2) is 0 Å². The van der Waals surface area contributed by atoms with Crippen LogP contribution < -0.4 is 11.2 Å². The minimum atomic E-state index is -0.597. The van der Waals surface area contributed by atoms with E-state index in [1.54, 1.807) is 6.08 Å². The largest absolute Gasteiger partial charge is 0.494 e. The summed E-state index contributed by atoms with van der Waals surface area (Å²) in [5.41, 5.74) is -1.00. The first-order valence-corrected chi connectivity index (χ1v) is 4.21. The first-order valence-electron chi connectivity index (χ1n) is 4.21. The molecule has 0 amide bonds. The van der Waals surface area contributed by atoms with Crippen LogP contribution in [0.5, 0.6) is 5.88 Å². The molecule has 1 rings (SSSR count). The molecule has 1 aromatic heterocycles. The van der Waals surface area contributed by atoms with E-state index in [4.69, 9.17) is 0 Å². The highest BCUT2D eigenvalue weighted by molar-refractivity contribution is 5.20. The standard InChI is InChI=1S/C9H12N2O3/c1-3-4-5-11-8(13)6(2)7(12)10-9(11)14/h3,13H,1,4-5H2,2H3,(H,10,12,14). The number of hydrogen-bond donors (Lipinski definition) is 2. The van der Waals surface area contributed by atoms with Gasteiger partial charge in [-0.3, -0.25) is 14.3 Å². The van der Waals surface area contributed by atoms with Gasteiger partial charge >= 0.3 is 5.69 Å². The van der Waals surface area contributed by atoms with Crippen molar-refractivity contribution in [3.8, 4) is 5.88 Å². The van der Waals surface area contributed by atoms with Gasteiger partial charge in [-0.05, 0) is 13.3 Å². The Morgan fingerprint density at radius 3 is 2.79 bits per heavy atom. The average molecular weight is 196 g/mol. The first-order chi connectivity index (χ1) is 6.57. The second-order valence-electron chi connectivity index (χ2n) is 2.94. The van der Waals surface area contributed by atoms with Crippen LogP contribution in [0.4, 0.5) is 0 Å². The summed E-state index contributed by atoms with van der Waals surface area (Å²) in [6.07, 6.45) is 2.19. The summed E-state index contributed by atoms with van der Waals surface area (Å²) >= 11 is 0. The van der Waals surface area contributed by atoms with Gasteiger partial charge in [-0.2, -0.15) is 0 Å². The number of rotatable bonds is 3. The van der Waals surface area contributed by atoms with Crippen LogP contribution in [0.15, 0.2) is 22.2 Å². The molecule has 0 radical (unpaired) electrons. The van der Waals surface area contributed by atoms with E-state index in [9.17, 15) is 14.7 Å². The Labute approximate surface area is 80.3 Å². The van der Waals surface area contributed by atoms with Crippen LogP contribution in [-0.2, 0) is 6.54 Å². The summed E-state index contributed by atoms with van der Waals surface area (Å²) in [5, 5.41) is 9.49. The maximum atomic E-state index is 11.2. The van der Waals surface area contributed by atoms with Crippen molar-refractivity contribution in [1.82, 2.24) is 9.55 Å². The zero-order valence-corrected chi connectivity index (χ0v) is 7.91. The number of nitrogens with zero attached hydrogens (tertiary/aromatic N) is 1. The van der Waals surface area contributed by atoms with Gasteiger partial charge < -0.3 is 5.11 Å². The van der Waals surface area contributed by atoms with Crippen LogP contribution in [-0.4, -0.2) is 14.7 Å². The Morgan fingerprint density at radius 1 is 1.57 bits per heavy atom. The van der Waals surface area contributed by atoms with Gasteiger partial charge in [0, 0.05) is 6.54 Å². The van der Waals surface area contributed by atoms with Crippen molar-refractivity contribution in [3.05, 3.63) is 39.1 Å². The highest BCUT2D eigenvalue weighted by Crippen LogP contribution is 2.08. The topological polar surface area (TPSA) is 75.1 Å². The second-order valence-corrected chi connectivity index (χ2v) is 2.94. The van der Waals surface area contributed by atoms with Crippen molar-refractivity contribution >= 4 is 0 Å². The fourth-order valence-electron chi connectivity index (χ4n) is 1.09. The molecule has 0 aliphatic heterocycles. The van der Waals surface area contributed by atoms with Crippen LogP contribution in [0.3, 0.4) is 0 Å². The van der Waals surface area contributed by atoms with Crippen LogP contribution in [0.1, 0.15) is 12.0 Å². The molecule has 0 unspecified atom stereocenters. The monoisotopic (exact) mass is 196 g/mol. The molecule has 0 aromatic carbocycles. The van der Waals surface area contributed by atoms with E-state index in [2.05, 4.69) is 11.6 Å². The van der Waals surface area contributed by atoms with Crippen molar-refractivity contribution in [2.24, 2.45) is 0 Å². The van der Waals surface area contributed by atoms with Crippen LogP contribution in [0, 0.1) is 6.92 Å². The lowest BCUT2D eigenvalue weighted by Gasteiger charge is -2.07. The Balaban J connectivity index is 3.29.